The summed E-state index contributed by atoms with van der Waals surface area (Å²) in [6.07, 6.45) is -2.75. The molecule has 0 saturated carbocycles. The zero-order valence-electron chi connectivity index (χ0n) is 23.6. The van der Waals surface area contributed by atoms with E-state index in [0.29, 0.717) is 28.1 Å². The van der Waals surface area contributed by atoms with Gasteiger partial charge >= 0.3 is 6.18 Å². The van der Waals surface area contributed by atoms with E-state index in [2.05, 4.69) is 16.0 Å². The van der Waals surface area contributed by atoms with Crippen LogP contribution >= 0.6 is 35.0 Å². The minimum atomic E-state index is -4.54. The van der Waals surface area contributed by atoms with Crippen molar-refractivity contribution in [1.29, 1.82) is 0 Å². The van der Waals surface area contributed by atoms with Crippen LogP contribution in [0.5, 0.6) is 0 Å². The zero-order chi connectivity index (χ0) is 32.6. The molecule has 4 aromatic rings. The Kier molecular flexibility index (Phi) is 11.3. The number of halogens is 5. The normalized spacial score (nSPS) is 12.3. The highest BCUT2D eigenvalue weighted by Gasteiger charge is 2.30. The van der Waals surface area contributed by atoms with E-state index in [1.807, 2.05) is 0 Å². The highest BCUT2D eigenvalue weighted by Crippen LogP contribution is 2.32. The number of hydrogen-bond donors (Lipinski definition) is 3. The van der Waals surface area contributed by atoms with Gasteiger partial charge in [-0.2, -0.15) is 13.2 Å². The number of rotatable bonds is 10. The van der Waals surface area contributed by atoms with E-state index in [1.54, 1.807) is 79.7 Å². The Balaban J connectivity index is 1.51. The van der Waals surface area contributed by atoms with Crippen LogP contribution in [0.4, 0.5) is 24.5 Å². The highest BCUT2D eigenvalue weighted by atomic mass is 35.5. The van der Waals surface area contributed by atoms with Gasteiger partial charge in [0.15, 0.2) is 0 Å². The molecular weight excluding hydrogens is 646 g/mol. The van der Waals surface area contributed by atoms with Gasteiger partial charge in [-0.1, -0.05) is 72.6 Å². The third kappa shape index (κ3) is 9.37. The van der Waals surface area contributed by atoms with E-state index in [4.69, 9.17) is 23.2 Å². The third-order valence-electron chi connectivity index (χ3n) is 6.30. The molecular formula is C33H26Cl2F3N3O3S. The fourth-order valence-electron chi connectivity index (χ4n) is 4.06. The SMILES string of the molecule is CCC(Sc1cccc(NC(=O)/C(=C\c2cccc(Cl)c2Cl)NC(=O)c2ccccc2)c1)C(=O)Nc1cccc(C(F)(F)F)c1. The summed E-state index contributed by atoms with van der Waals surface area (Å²) in [5, 5.41) is 7.77. The smallest absolute Gasteiger partial charge is 0.325 e. The first-order valence-corrected chi connectivity index (χ1v) is 15.2. The first-order chi connectivity index (χ1) is 21.4. The standard InChI is InChI=1S/C33H26Cl2F3N3O3S/c1-2-28(32(44)40-23-13-7-12-22(18-23)33(36,37)38)45-25-15-8-14-24(19-25)39-31(43)27(17-21-11-6-16-26(34)29(21)35)41-30(42)20-9-4-3-5-10-20/h3-19,28H,2H2,1H3,(H,39,43)(H,40,44)(H,41,42)/b27-17+. The predicted molar refractivity (Wildman–Crippen MR) is 173 cm³/mol. The van der Waals surface area contributed by atoms with Crippen LogP contribution in [0.2, 0.25) is 10.0 Å². The fraction of sp³-hybridized carbons (Fsp3) is 0.121. The zero-order valence-corrected chi connectivity index (χ0v) is 26.0. The molecule has 0 radical (unpaired) electrons. The Morgan fingerprint density at radius 3 is 2.20 bits per heavy atom. The van der Waals surface area contributed by atoms with Gasteiger partial charge in [0.1, 0.15) is 5.70 Å². The van der Waals surface area contributed by atoms with E-state index in [9.17, 15) is 27.6 Å². The molecule has 0 aliphatic rings. The summed E-state index contributed by atoms with van der Waals surface area (Å²) in [6.45, 7) is 1.78. The number of alkyl halides is 3. The molecule has 0 spiro atoms. The Morgan fingerprint density at radius 1 is 0.844 bits per heavy atom. The van der Waals surface area contributed by atoms with Crippen molar-refractivity contribution in [3.8, 4) is 0 Å². The number of anilines is 2. The summed E-state index contributed by atoms with van der Waals surface area (Å²) in [5.41, 5.74) is 0.181. The van der Waals surface area contributed by atoms with Gasteiger partial charge in [0.2, 0.25) is 5.91 Å². The molecule has 4 aromatic carbocycles. The van der Waals surface area contributed by atoms with Crippen LogP contribution in [0.3, 0.4) is 0 Å². The van der Waals surface area contributed by atoms with Gasteiger partial charge in [-0.15, -0.1) is 11.8 Å². The van der Waals surface area contributed by atoms with E-state index in [1.165, 1.54) is 30.0 Å². The average Bonchev–Trinajstić information content (AvgIpc) is 3.02. The molecule has 0 saturated heterocycles. The molecule has 232 valence electrons. The molecule has 45 heavy (non-hydrogen) atoms. The number of nitrogens with one attached hydrogen (secondary N) is 3. The monoisotopic (exact) mass is 671 g/mol. The lowest BCUT2D eigenvalue weighted by Gasteiger charge is -2.16. The summed E-state index contributed by atoms with van der Waals surface area (Å²) in [5.74, 6) is -1.63. The number of carbonyl (C=O) groups is 3. The van der Waals surface area contributed by atoms with Crippen LogP contribution in [0.15, 0.2) is 108 Å². The molecule has 4 rings (SSSR count). The first-order valence-electron chi connectivity index (χ1n) is 13.5. The largest absolute Gasteiger partial charge is 0.416 e. The summed E-state index contributed by atoms with van der Waals surface area (Å²) in [6, 6.07) is 24.4. The summed E-state index contributed by atoms with van der Waals surface area (Å²) < 4.78 is 39.3. The highest BCUT2D eigenvalue weighted by molar-refractivity contribution is 8.00. The van der Waals surface area contributed by atoms with Gasteiger partial charge in [-0.25, -0.2) is 0 Å². The molecule has 3 N–H and O–H groups in total. The lowest BCUT2D eigenvalue weighted by Crippen LogP contribution is -2.30. The molecule has 0 heterocycles. The van der Waals surface area contributed by atoms with Crippen LogP contribution in [0, 0.1) is 0 Å². The number of hydrogen-bond acceptors (Lipinski definition) is 4. The molecule has 1 atom stereocenters. The molecule has 0 aliphatic heterocycles. The maximum atomic E-state index is 13.5. The maximum absolute atomic E-state index is 13.5. The second-order valence-corrected chi connectivity index (χ2v) is 11.6. The number of benzene rings is 4. The van der Waals surface area contributed by atoms with Crippen LogP contribution in [0.1, 0.15) is 34.8 Å². The molecule has 3 amide bonds. The minimum Gasteiger partial charge on any atom is -0.325 e. The van der Waals surface area contributed by atoms with E-state index < -0.39 is 34.7 Å². The Bertz CT molecular complexity index is 1730. The number of amides is 3. The molecule has 6 nitrogen and oxygen atoms in total. The van der Waals surface area contributed by atoms with Crippen molar-refractivity contribution >= 4 is 70.1 Å². The summed E-state index contributed by atoms with van der Waals surface area (Å²) in [7, 11) is 0. The van der Waals surface area contributed by atoms with Crippen molar-refractivity contribution in [2.24, 2.45) is 0 Å². The van der Waals surface area contributed by atoms with Crippen LogP contribution in [-0.2, 0) is 15.8 Å². The lowest BCUT2D eigenvalue weighted by molar-refractivity contribution is -0.137. The van der Waals surface area contributed by atoms with Gasteiger partial charge < -0.3 is 16.0 Å². The predicted octanol–water partition coefficient (Wildman–Crippen LogP) is 8.93. The Labute approximate surface area is 272 Å². The van der Waals surface area contributed by atoms with Crippen molar-refractivity contribution in [3.05, 3.63) is 129 Å². The maximum Gasteiger partial charge on any atom is 0.416 e. The second kappa shape index (κ2) is 15.2. The summed E-state index contributed by atoms with van der Waals surface area (Å²) >= 11 is 13.7. The lowest BCUT2D eigenvalue weighted by atomic mass is 10.1. The van der Waals surface area contributed by atoms with Gasteiger partial charge in [-0.3, -0.25) is 14.4 Å². The fourth-order valence-corrected chi connectivity index (χ4v) is 5.43. The van der Waals surface area contributed by atoms with E-state index >= 15 is 0 Å². The molecule has 0 aromatic heterocycles. The molecule has 0 fully saturated rings. The van der Waals surface area contributed by atoms with Crippen molar-refractivity contribution in [1.82, 2.24) is 5.32 Å². The van der Waals surface area contributed by atoms with Gasteiger partial charge in [0, 0.05) is 21.8 Å². The first kappa shape index (κ1) is 33.6. The van der Waals surface area contributed by atoms with Gasteiger partial charge in [-0.05, 0) is 72.7 Å². The van der Waals surface area contributed by atoms with Crippen molar-refractivity contribution in [2.75, 3.05) is 10.6 Å². The molecule has 1 unspecified atom stereocenters. The second-order valence-electron chi connectivity index (χ2n) is 9.59. The van der Waals surface area contributed by atoms with Crippen LogP contribution in [-0.4, -0.2) is 23.0 Å². The average molecular weight is 673 g/mol. The van der Waals surface area contributed by atoms with Crippen molar-refractivity contribution in [2.45, 2.75) is 29.7 Å². The third-order valence-corrected chi connectivity index (χ3v) is 8.49. The quantitative estimate of drug-likeness (QED) is 0.116. The molecule has 12 heteroatoms. The number of thioether (sulfide) groups is 1. The van der Waals surface area contributed by atoms with E-state index in [-0.39, 0.29) is 21.4 Å². The minimum absolute atomic E-state index is 0.0339. The van der Waals surface area contributed by atoms with Gasteiger partial charge in [0.05, 0.1) is 20.9 Å². The molecule has 0 aliphatic carbocycles. The van der Waals surface area contributed by atoms with Crippen molar-refractivity contribution < 1.29 is 27.6 Å². The Hall–Kier alpha value is -4.25. The van der Waals surface area contributed by atoms with Crippen LogP contribution < -0.4 is 16.0 Å². The number of carbonyl (C=O) groups excluding carboxylic acids is 3. The topological polar surface area (TPSA) is 87.3 Å². The van der Waals surface area contributed by atoms with Crippen LogP contribution in [0.25, 0.3) is 6.08 Å². The molecule has 0 bridgehead atoms. The Morgan fingerprint density at radius 2 is 1.51 bits per heavy atom. The summed E-state index contributed by atoms with van der Waals surface area (Å²) in [4.78, 5) is 40.0. The van der Waals surface area contributed by atoms with Gasteiger partial charge in [0.25, 0.3) is 11.8 Å². The van der Waals surface area contributed by atoms with E-state index in [0.717, 1.165) is 12.1 Å². The van der Waals surface area contributed by atoms with Crippen molar-refractivity contribution in [3.63, 3.8) is 0 Å².